The van der Waals surface area contributed by atoms with Gasteiger partial charge in [-0.1, -0.05) is 30.3 Å². The molecule has 2 rings (SSSR count). The highest BCUT2D eigenvalue weighted by atomic mass is 16.6. The summed E-state index contributed by atoms with van der Waals surface area (Å²) >= 11 is 0. The molecule has 3 amide bonds. The van der Waals surface area contributed by atoms with Crippen molar-refractivity contribution in [3.8, 4) is 0 Å². The maximum absolute atomic E-state index is 13.0. The van der Waals surface area contributed by atoms with E-state index in [-0.39, 0.29) is 25.3 Å². The smallest absolute Gasteiger partial charge is 0.429 e. The van der Waals surface area contributed by atoms with Gasteiger partial charge in [-0.05, 0) is 33.3 Å². The summed E-state index contributed by atoms with van der Waals surface area (Å²) in [6.45, 7) is 4.71. The van der Waals surface area contributed by atoms with E-state index < -0.39 is 54.0 Å². The van der Waals surface area contributed by atoms with Crippen LogP contribution in [0.4, 0.5) is 9.59 Å². The summed E-state index contributed by atoms with van der Waals surface area (Å²) in [5, 5.41) is 0.810. The van der Waals surface area contributed by atoms with E-state index in [9.17, 15) is 28.8 Å². The number of H-pyrrole nitrogens is 1. The fourth-order valence-corrected chi connectivity index (χ4v) is 3.12. The van der Waals surface area contributed by atoms with Crippen molar-refractivity contribution in [3.63, 3.8) is 0 Å². The lowest BCUT2D eigenvalue weighted by molar-refractivity contribution is -0.147. The summed E-state index contributed by atoms with van der Waals surface area (Å²) in [4.78, 5) is 77.1. The molecule has 0 atom stereocenters. The van der Waals surface area contributed by atoms with Crippen LogP contribution in [-0.2, 0) is 37.0 Å². The number of methoxy groups -OCH3 is 1. The Morgan fingerprint density at radius 3 is 2.33 bits per heavy atom. The minimum Gasteiger partial charge on any atom is -0.468 e. The first-order valence-corrected chi connectivity index (χ1v) is 11.9. The lowest BCUT2D eigenvalue weighted by atomic mass is 10.2. The largest absolute Gasteiger partial charge is 0.468 e. The van der Waals surface area contributed by atoms with Crippen LogP contribution in [0.25, 0.3) is 0 Å². The summed E-state index contributed by atoms with van der Waals surface area (Å²) in [5.41, 5.74) is 0.935. The Kier molecular flexibility index (Phi) is 10.8. The number of hydrogen-bond acceptors (Lipinski definition) is 9. The molecule has 1 aromatic carbocycles. The molecule has 14 nitrogen and oxygen atoms in total. The third kappa shape index (κ3) is 10.3. The zero-order chi connectivity index (χ0) is 29.2. The molecule has 0 radical (unpaired) electrons. The number of carbonyl (C=O) groups excluding carboxylic acids is 4. The molecule has 0 saturated heterocycles. The van der Waals surface area contributed by atoms with Gasteiger partial charge in [0.2, 0.25) is 5.91 Å². The van der Waals surface area contributed by atoms with Gasteiger partial charge in [-0.15, -0.1) is 0 Å². The molecule has 1 heterocycles. The number of carbonyl (C=O) groups is 4. The Morgan fingerprint density at radius 1 is 1.05 bits per heavy atom. The molecule has 1 aromatic heterocycles. The van der Waals surface area contributed by atoms with Gasteiger partial charge in [0.15, 0.2) is 0 Å². The average Bonchev–Trinajstić information content (AvgIpc) is 2.86. The molecule has 14 heteroatoms. The van der Waals surface area contributed by atoms with Gasteiger partial charge in [-0.3, -0.25) is 23.9 Å². The molecule has 2 N–H and O–H groups in total. The zero-order valence-corrected chi connectivity index (χ0v) is 22.5. The third-order valence-corrected chi connectivity index (χ3v) is 5.04. The minimum absolute atomic E-state index is 0.0918. The molecular weight excluding hydrogens is 514 g/mol. The number of rotatable bonds is 9. The number of esters is 1. The Labute approximate surface area is 224 Å². The maximum atomic E-state index is 13.0. The topological polar surface area (TPSA) is 169 Å². The summed E-state index contributed by atoms with van der Waals surface area (Å²) in [7, 11) is 1.14. The van der Waals surface area contributed by atoms with Gasteiger partial charge in [-0.25, -0.2) is 24.8 Å². The Balaban J connectivity index is 2.20. The molecule has 39 heavy (non-hydrogen) atoms. The van der Waals surface area contributed by atoms with Crippen LogP contribution in [0.5, 0.6) is 0 Å². The van der Waals surface area contributed by atoms with Crippen LogP contribution < -0.4 is 16.7 Å². The van der Waals surface area contributed by atoms with E-state index >= 15 is 0 Å². The zero-order valence-electron chi connectivity index (χ0n) is 22.5. The highest BCUT2D eigenvalue weighted by molar-refractivity contribution is 5.82. The normalized spacial score (nSPS) is 10.8. The van der Waals surface area contributed by atoms with E-state index in [1.54, 1.807) is 51.1 Å². The number of benzene rings is 1. The second-order valence-corrected chi connectivity index (χ2v) is 9.40. The number of nitrogens with one attached hydrogen (secondary N) is 2. The summed E-state index contributed by atoms with van der Waals surface area (Å²) in [5.74, 6) is -1.45. The molecule has 0 aliphatic rings. The van der Waals surface area contributed by atoms with E-state index in [0.29, 0.717) is 5.56 Å². The van der Waals surface area contributed by atoms with Crippen molar-refractivity contribution in [1.82, 2.24) is 24.9 Å². The van der Waals surface area contributed by atoms with Gasteiger partial charge in [0, 0.05) is 18.3 Å². The summed E-state index contributed by atoms with van der Waals surface area (Å²) in [6.07, 6.45) is -0.671. The van der Waals surface area contributed by atoms with Gasteiger partial charge in [0.25, 0.3) is 5.56 Å². The van der Waals surface area contributed by atoms with Crippen molar-refractivity contribution in [2.75, 3.05) is 26.7 Å². The fraction of sp³-hybridized carbons (Fsp3) is 0.440. The number of aromatic amines is 1. The van der Waals surface area contributed by atoms with Crippen LogP contribution in [0.1, 0.15) is 31.9 Å². The van der Waals surface area contributed by atoms with Crippen molar-refractivity contribution in [3.05, 3.63) is 68.5 Å². The fourth-order valence-electron chi connectivity index (χ4n) is 3.12. The number of aryl methyl sites for hydroxylation is 1. The predicted molar refractivity (Wildman–Crippen MR) is 137 cm³/mol. The molecule has 2 aromatic rings. The van der Waals surface area contributed by atoms with Crippen LogP contribution in [0, 0.1) is 6.92 Å². The molecule has 0 unspecified atom stereocenters. The van der Waals surface area contributed by atoms with Crippen LogP contribution >= 0.6 is 0 Å². The van der Waals surface area contributed by atoms with E-state index in [1.807, 2.05) is 0 Å². The first kappa shape index (κ1) is 30.6. The second kappa shape index (κ2) is 13.8. The van der Waals surface area contributed by atoms with Gasteiger partial charge in [-0.2, -0.15) is 0 Å². The second-order valence-electron chi connectivity index (χ2n) is 9.40. The van der Waals surface area contributed by atoms with Gasteiger partial charge < -0.3 is 19.1 Å². The highest BCUT2D eigenvalue weighted by Gasteiger charge is 2.25. The molecule has 212 valence electrons. The number of hydrazine groups is 1. The predicted octanol–water partition coefficient (Wildman–Crippen LogP) is 0.925. The van der Waals surface area contributed by atoms with E-state index in [1.165, 1.54) is 13.1 Å². The first-order chi connectivity index (χ1) is 18.3. The molecular formula is C25H33N5O9. The highest BCUT2D eigenvalue weighted by Crippen LogP contribution is 2.08. The third-order valence-electron chi connectivity index (χ3n) is 5.04. The molecule has 0 bridgehead atoms. The molecule has 0 aliphatic carbocycles. The van der Waals surface area contributed by atoms with Crippen LogP contribution in [0.15, 0.2) is 46.1 Å². The molecule has 0 spiro atoms. The summed E-state index contributed by atoms with van der Waals surface area (Å²) < 4.78 is 16.1. The minimum atomic E-state index is -0.944. The molecule has 0 aliphatic heterocycles. The lowest BCUT2D eigenvalue weighted by Gasteiger charge is -2.28. The van der Waals surface area contributed by atoms with Crippen molar-refractivity contribution in [2.24, 2.45) is 0 Å². The number of aromatic nitrogens is 2. The van der Waals surface area contributed by atoms with Crippen molar-refractivity contribution in [1.29, 1.82) is 0 Å². The van der Waals surface area contributed by atoms with Crippen LogP contribution in [0.3, 0.4) is 0 Å². The maximum Gasteiger partial charge on any atom is 0.429 e. The number of amides is 3. The van der Waals surface area contributed by atoms with E-state index in [0.717, 1.165) is 21.6 Å². The van der Waals surface area contributed by atoms with E-state index in [2.05, 4.69) is 15.1 Å². The van der Waals surface area contributed by atoms with Gasteiger partial charge in [0.1, 0.15) is 25.3 Å². The number of ether oxygens (including phenoxy) is 3. The van der Waals surface area contributed by atoms with Crippen molar-refractivity contribution in [2.45, 2.75) is 46.4 Å². The summed E-state index contributed by atoms with van der Waals surface area (Å²) in [6, 6.07) is 8.83. The standard InChI is InChI=1S/C25H33N5O9/c1-17-13-29(22(34)26-21(17)33)14-19(31)28(15-20(32)37-5)11-12-30(27-23(35)39-25(2,3)4)24(36)38-16-18-9-7-6-8-10-18/h6-10,13H,11-12,14-16H2,1-5H3,(H,27,35)(H,26,33,34). The Hall–Kier alpha value is -4.62. The van der Waals surface area contributed by atoms with Gasteiger partial charge >= 0.3 is 23.8 Å². The van der Waals surface area contributed by atoms with Crippen LogP contribution in [0.2, 0.25) is 0 Å². The Bertz CT molecular complexity index is 1280. The molecule has 0 saturated carbocycles. The van der Waals surface area contributed by atoms with Crippen molar-refractivity contribution < 1.29 is 33.4 Å². The Morgan fingerprint density at radius 2 is 1.72 bits per heavy atom. The number of nitrogens with zero attached hydrogens (tertiary/aromatic N) is 3. The van der Waals surface area contributed by atoms with Gasteiger partial charge in [0.05, 0.1) is 13.7 Å². The average molecular weight is 548 g/mol. The van der Waals surface area contributed by atoms with Crippen LogP contribution in [-0.4, -0.2) is 75.9 Å². The molecule has 0 fully saturated rings. The number of hydrogen-bond donors (Lipinski definition) is 2. The SMILES string of the molecule is COC(=O)CN(CCN(NC(=O)OC(C)(C)C)C(=O)OCc1ccccc1)C(=O)Cn1cc(C)c(=O)[nH]c1=O. The van der Waals surface area contributed by atoms with Crippen molar-refractivity contribution >= 4 is 24.1 Å². The monoisotopic (exact) mass is 547 g/mol. The lowest BCUT2D eigenvalue weighted by Crippen LogP contribution is -2.52. The quantitative estimate of drug-likeness (QED) is 0.263. The van der Waals surface area contributed by atoms with E-state index in [4.69, 9.17) is 9.47 Å². The first-order valence-electron chi connectivity index (χ1n) is 11.9.